The van der Waals surface area contributed by atoms with E-state index in [0.717, 1.165) is 4.90 Å². The SMILES string of the molecule is CN1C(=O)C(C#N)C(=[N+]2CCC(N(C)S(C)(=O)=O)CC2)N(C)C1=O. The van der Waals surface area contributed by atoms with E-state index in [2.05, 4.69) is 0 Å². The van der Waals surface area contributed by atoms with Crippen molar-refractivity contribution in [3.8, 4) is 6.07 Å². The summed E-state index contributed by atoms with van der Waals surface area (Å²) in [5, 5.41) is 9.36. The Morgan fingerprint density at radius 3 is 2.21 bits per heavy atom. The molecule has 0 aliphatic carbocycles. The lowest BCUT2D eigenvalue weighted by Crippen LogP contribution is -2.60. The summed E-state index contributed by atoms with van der Waals surface area (Å²) in [6, 6.07) is 1.37. The van der Waals surface area contributed by atoms with Gasteiger partial charge in [-0.15, -0.1) is 0 Å². The van der Waals surface area contributed by atoms with E-state index < -0.39 is 27.9 Å². The molecule has 0 aromatic carbocycles. The second-order valence-corrected chi connectivity index (χ2v) is 8.20. The molecule has 0 aromatic rings. The summed E-state index contributed by atoms with van der Waals surface area (Å²) in [6.45, 7) is 0.958. The zero-order chi connectivity index (χ0) is 18.2. The smallest absolute Gasteiger partial charge is 0.272 e. The summed E-state index contributed by atoms with van der Waals surface area (Å²) >= 11 is 0. The zero-order valence-electron chi connectivity index (χ0n) is 14.3. The normalized spacial score (nSPS) is 26.2. The van der Waals surface area contributed by atoms with Gasteiger partial charge in [0.1, 0.15) is 0 Å². The first-order valence-corrected chi connectivity index (χ1v) is 9.44. The second kappa shape index (κ2) is 6.49. The number of hydrogen-bond donors (Lipinski definition) is 0. The quantitative estimate of drug-likeness (QED) is 0.597. The van der Waals surface area contributed by atoms with Crippen molar-refractivity contribution in [3.05, 3.63) is 0 Å². The summed E-state index contributed by atoms with van der Waals surface area (Å²) in [4.78, 5) is 26.6. The van der Waals surface area contributed by atoms with Gasteiger partial charge in [0.25, 0.3) is 11.7 Å². The molecule has 0 N–H and O–H groups in total. The first kappa shape index (κ1) is 18.4. The molecular weight excluding hydrogens is 334 g/mol. The fourth-order valence-electron chi connectivity index (χ4n) is 3.15. The fraction of sp³-hybridized carbons (Fsp3) is 0.714. The first-order valence-electron chi connectivity index (χ1n) is 7.59. The minimum atomic E-state index is -3.27. The topological polar surface area (TPSA) is 105 Å². The van der Waals surface area contributed by atoms with E-state index >= 15 is 0 Å². The Morgan fingerprint density at radius 1 is 1.21 bits per heavy atom. The van der Waals surface area contributed by atoms with Crippen LogP contribution in [0.5, 0.6) is 0 Å². The van der Waals surface area contributed by atoms with Crippen molar-refractivity contribution in [1.29, 1.82) is 5.26 Å². The maximum atomic E-state index is 12.2. The minimum absolute atomic E-state index is 0.125. The Bertz CT molecular complexity index is 729. The third-order valence-electron chi connectivity index (χ3n) is 4.71. The highest BCUT2D eigenvalue weighted by molar-refractivity contribution is 7.88. The van der Waals surface area contributed by atoms with E-state index in [4.69, 9.17) is 0 Å². The van der Waals surface area contributed by atoms with Gasteiger partial charge in [-0.25, -0.2) is 22.4 Å². The first-order chi connectivity index (χ1) is 11.1. The number of hydrogen-bond acceptors (Lipinski definition) is 5. The number of rotatable bonds is 2. The lowest BCUT2D eigenvalue weighted by atomic mass is 10.0. The molecule has 2 saturated heterocycles. The van der Waals surface area contributed by atoms with Crippen molar-refractivity contribution in [1.82, 2.24) is 14.1 Å². The van der Waals surface area contributed by atoms with Crippen LogP contribution in [0.15, 0.2) is 0 Å². The summed E-state index contributed by atoms with van der Waals surface area (Å²) in [6.07, 6.45) is 2.30. The number of imide groups is 1. The molecule has 0 bridgehead atoms. The van der Waals surface area contributed by atoms with Crippen molar-refractivity contribution in [2.75, 3.05) is 40.5 Å². The van der Waals surface area contributed by atoms with Gasteiger partial charge in [0.15, 0.2) is 0 Å². The van der Waals surface area contributed by atoms with E-state index in [1.807, 2.05) is 10.6 Å². The minimum Gasteiger partial charge on any atom is -0.272 e. The Hall–Kier alpha value is -1.99. The number of nitriles is 1. The predicted molar refractivity (Wildman–Crippen MR) is 85.7 cm³/mol. The van der Waals surface area contributed by atoms with Crippen LogP contribution in [-0.4, -0.2) is 91.4 Å². The van der Waals surface area contributed by atoms with Crippen molar-refractivity contribution >= 4 is 27.8 Å². The largest absolute Gasteiger partial charge is 0.417 e. The Morgan fingerprint density at radius 2 is 1.75 bits per heavy atom. The number of carbonyl (C=O) groups excluding carboxylic acids is 2. The molecule has 0 saturated carbocycles. The molecule has 10 heteroatoms. The molecule has 1 unspecified atom stereocenters. The van der Waals surface area contributed by atoms with Gasteiger partial charge in [0.2, 0.25) is 15.9 Å². The van der Waals surface area contributed by atoms with Gasteiger partial charge < -0.3 is 0 Å². The maximum absolute atomic E-state index is 12.2. The highest BCUT2D eigenvalue weighted by Crippen LogP contribution is 2.20. The summed E-state index contributed by atoms with van der Waals surface area (Å²) in [7, 11) is 1.18. The Balaban J connectivity index is 2.28. The van der Waals surface area contributed by atoms with E-state index in [9.17, 15) is 23.3 Å². The van der Waals surface area contributed by atoms with Crippen LogP contribution >= 0.6 is 0 Å². The number of carbonyl (C=O) groups is 2. The van der Waals surface area contributed by atoms with E-state index in [0.29, 0.717) is 31.8 Å². The van der Waals surface area contributed by atoms with Gasteiger partial charge in [-0.3, -0.25) is 9.37 Å². The van der Waals surface area contributed by atoms with Gasteiger partial charge in [-0.2, -0.15) is 10.2 Å². The van der Waals surface area contributed by atoms with Crippen molar-refractivity contribution in [3.63, 3.8) is 0 Å². The van der Waals surface area contributed by atoms with Crippen molar-refractivity contribution < 1.29 is 22.6 Å². The standard InChI is InChI=1S/C14H22N5O4S/c1-16-12(11(9-15)13(20)17(2)14(16)21)19-7-5-10(6-8-19)18(3)24(4,22)23/h10-11H,5-8H2,1-4H3/q+1. The molecule has 2 fully saturated rings. The lowest BCUT2D eigenvalue weighted by molar-refractivity contribution is -0.545. The van der Waals surface area contributed by atoms with Crippen LogP contribution in [0.4, 0.5) is 4.79 Å². The number of piperidine rings is 1. The molecule has 2 aliphatic rings. The molecule has 0 radical (unpaired) electrons. The fourth-order valence-corrected chi connectivity index (χ4v) is 3.90. The zero-order valence-corrected chi connectivity index (χ0v) is 15.1. The summed E-state index contributed by atoms with van der Waals surface area (Å²) < 4.78 is 26.5. The van der Waals surface area contributed by atoms with Gasteiger partial charge >= 0.3 is 6.03 Å². The molecule has 2 rings (SSSR count). The molecule has 2 heterocycles. The summed E-state index contributed by atoms with van der Waals surface area (Å²) in [5.41, 5.74) is 0. The molecule has 24 heavy (non-hydrogen) atoms. The lowest BCUT2D eigenvalue weighted by Gasteiger charge is -2.33. The molecule has 2 aliphatic heterocycles. The Kier molecular flexibility index (Phi) is 4.96. The predicted octanol–water partition coefficient (Wildman–Crippen LogP) is -0.885. The highest BCUT2D eigenvalue weighted by Gasteiger charge is 2.48. The molecule has 0 spiro atoms. The second-order valence-electron chi connectivity index (χ2n) is 6.16. The van der Waals surface area contributed by atoms with Gasteiger partial charge in [-0.05, 0) is 0 Å². The van der Waals surface area contributed by atoms with Crippen molar-refractivity contribution in [2.45, 2.75) is 18.9 Å². The summed E-state index contributed by atoms with van der Waals surface area (Å²) in [5.74, 6) is -1.18. The number of amidine groups is 1. The van der Waals surface area contributed by atoms with Crippen LogP contribution in [0.3, 0.4) is 0 Å². The molecule has 9 nitrogen and oxygen atoms in total. The van der Waals surface area contributed by atoms with Crippen LogP contribution in [0.25, 0.3) is 0 Å². The monoisotopic (exact) mass is 356 g/mol. The number of sulfonamides is 1. The maximum Gasteiger partial charge on any atom is 0.417 e. The van der Waals surface area contributed by atoms with Gasteiger partial charge in [0.05, 0.1) is 32.5 Å². The van der Waals surface area contributed by atoms with E-state index in [1.54, 1.807) is 14.1 Å². The van der Waals surface area contributed by atoms with Crippen LogP contribution in [0.2, 0.25) is 0 Å². The van der Waals surface area contributed by atoms with Crippen molar-refractivity contribution in [2.24, 2.45) is 5.92 Å². The van der Waals surface area contributed by atoms with Crippen LogP contribution in [-0.2, 0) is 14.8 Å². The molecule has 3 amide bonds. The molecule has 0 aromatic heterocycles. The Labute approximate surface area is 141 Å². The van der Waals surface area contributed by atoms with Crippen LogP contribution in [0, 0.1) is 17.2 Å². The molecule has 1 atom stereocenters. The van der Waals surface area contributed by atoms with Crippen LogP contribution in [0.1, 0.15) is 12.8 Å². The number of urea groups is 1. The average molecular weight is 356 g/mol. The highest BCUT2D eigenvalue weighted by atomic mass is 32.2. The third kappa shape index (κ3) is 3.14. The van der Waals surface area contributed by atoms with E-state index in [-0.39, 0.29) is 6.04 Å². The third-order valence-corrected chi connectivity index (χ3v) is 6.05. The molecular formula is C14H22N5O4S+. The van der Waals surface area contributed by atoms with Gasteiger partial charge in [0, 0.05) is 33.0 Å². The molecule has 132 valence electrons. The number of nitrogens with zero attached hydrogens (tertiary/aromatic N) is 5. The average Bonchev–Trinajstić information content (AvgIpc) is 2.54. The van der Waals surface area contributed by atoms with Gasteiger partial charge in [-0.1, -0.05) is 0 Å². The van der Waals surface area contributed by atoms with Crippen LogP contribution < -0.4 is 0 Å². The van der Waals surface area contributed by atoms with E-state index in [1.165, 1.54) is 22.5 Å². The number of amides is 3.